The van der Waals surface area contributed by atoms with E-state index in [4.69, 9.17) is 21.2 Å². The van der Waals surface area contributed by atoms with Crippen molar-refractivity contribution in [3.8, 4) is 0 Å². The molecule has 0 radical (unpaired) electrons. The lowest BCUT2D eigenvalue weighted by Gasteiger charge is -2.34. The molecule has 128 valence electrons. The number of halogens is 1. The fourth-order valence-electron chi connectivity index (χ4n) is 3.33. The third-order valence-electron chi connectivity index (χ3n) is 4.31. The molecule has 2 rings (SSSR count). The van der Waals surface area contributed by atoms with Gasteiger partial charge in [-0.05, 0) is 37.7 Å². The van der Waals surface area contributed by atoms with Crippen molar-refractivity contribution < 1.29 is 19.5 Å². The molecule has 5 nitrogen and oxygen atoms in total. The third kappa shape index (κ3) is 4.28. The molecule has 1 aliphatic heterocycles. The van der Waals surface area contributed by atoms with Crippen LogP contribution in [0.25, 0.3) is 0 Å². The summed E-state index contributed by atoms with van der Waals surface area (Å²) in [5, 5.41) is 14.5. The first-order valence-electron chi connectivity index (χ1n) is 8.11. The zero-order chi connectivity index (χ0) is 16.9. The van der Waals surface area contributed by atoms with E-state index < -0.39 is 11.6 Å². The van der Waals surface area contributed by atoms with Crippen LogP contribution >= 0.6 is 11.6 Å². The van der Waals surface area contributed by atoms with Crippen LogP contribution in [0, 0.1) is 5.92 Å². The third-order valence-corrected chi connectivity index (χ3v) is 4.49. The Kier molecular flexibility index (Phi) is 6.10. The van der Waals surface area contributed by atoms with E-state index in [1.54, 1.807) is 6.08 Å². The first kappa shape index (κ1) is 17.9. The average Bonchev–Trinajstić information content (AvgIpc) is 2.83. The van der Waals surface area contributed by atoms with Gasteiger partial charge in [-0.3, -0.25) is 0 Å². The summed E-state index contributed by atoms with van der Waals surface area (Å²) in [6.45, 7) is 4.32. The van der Waals surface area contributed by atoms with Crippen LogP contribution in [0.15, 0.2) is 28.1 Å². The summed E-state index contributed by atoms with van der Waals surface area (Å²) in [6.07, 6.45) is 5.88. The Morgan fingerprint density at radius 1 is 1.61 bits per heavy atom. The molecule has 0 saturated heterocycles. The molecule has 1 saturated carbocycles. The molecule has 0 aromatic rings. The normalized spacial score (nSPS) is 28.7. The van der Waals surface area contributed by atoms with Crippen molar-refractivity contribution in [2.45, 2.75) is 58.0 Å². The number of rotatable bonds is 6. The number of carbonyl (C=O) groups is 1. The number of oxime groups is 1. The van der Waals surface area contributed by atoms with Crippen LogP contribution in [-0.2, 0) is 14.4 Å². The van der Waals surface area contributed by atoms with E-state index in [0.717, 1.165) is 25.7 Å². The molecule has 1 N–H and O–H groups in total. The molecule has 2 unspecified atom stereocenters. The highest BCUT2D eigenvalue weighted by molar-refractivity contribution is 6.25. The van der Waals surface area contributed by atoms with Gasteiger partial charge < -0.3 is 14.7 Å². The molecule has 6 heteroatoms. The first-order chi connectivity index (χ1) is 11.0. The minimum atomic E-state index is -0.538. The van der Waals surface area contributed by atoms with Gasteiger partial charge in [0, 0.05) is 12.0 Å². The van der Waals surface area contributed by atoms with Gasteiger partial charge in [-0.2, -0.15) is 0 Å². The maximum atomic E-state index is 12.5. The molecular weight excluding hydrogens is 318 g/mol. The molecule has 0 bridgehead atoms. The van der Waals surface area contributed by atoms with Gasteiger partial charge in [0.2, 0.25) is 0 Å². The fraction of sp³-hybridized carbons (Fsp3) is 0.647. The zero-order valence-electron chi connectivity index (χ0n) is 13.7. The largest absolute Gasteiger partial charge is 0.511 e. The highest BCUT2D eigenvalue weighted by atomic mass is 35.5. The summed E-state index contributed by atoms with van der Waals surface area (Å²) >= 11 is 5.42. The van der Waals surface area contributed by atoms with Gasteiger partial charge in [0.1, 0.15) is 23.5 Å². The Bertz CT molecular complexity index is 541. The highest BCUT2D eigenvalue weighted by Gasteiger charge is 2.47. The molecule has 1 spiro atoms. The topological polar surface area (TPSA) is 68.1 Å². The number of hydrogen-bond donors (Lipinski definition) is 1. The number of esters is 1. The van der Waals surface area contributed by atoms with Crippen LogP contribution in [0.4, 0.5) is 0 Å². The van der Waals surface area contributed by atoms with Gasteiger partial charge in [-0.25, -0.2) is 4.79 Å². The van der Waals surface area contributed by atoms with Gasteiger partial charge in [0.15, 0.2) is 0 Å². The average molecular weight is 342 g/mol. The first-order valence-corrected chi connectivity index (χ1v) is 8.55. The Balaban J connectivity index is 2.20. The monoisotopic (exact) mass is 341 g/mol. The maximum absolute atomic E-state index is 12.5. The minimum Gasteiger partial charge on any atom is -0.511 e. The summed E-state index contributed by atoms with van der Waals surface area (Å²) < 4.78 is 5.71. The smallest absolute Gasteiger partial charge is 0.344 e. The summed E-state index contributed by atoms with van der Waals surface area (Å²) in [5.41, 5.74) is 1.39. The molecule has 23 heavy (non-hydrogen) atoms. The molecule has 1 heterocycles. The second kappa shape index (κ2) is 7.86. The predicted molar refractivity (Wildman–Crippen MR) is 89.4 cm³/mol. The number of aliphatic hydroxyl groups is 1. The van der Waals surface area contributed by atoms with Gasteiger partial charge in [0.25, 0.3) is 0 Å². The summed E-state index contributed by atoms with van der Waals surface area (Å²) in [6, 6.07) is 0. The number of ether oxygens (including phenoxy) is 1. The second-order valence-corrected chi connectivity index (χ2v) is 6.62. The lowest BCUT2D eigenvalue weighted by atomic mass is 9.89. The van der Waals surface area contributed by atoms with E-state index >= 15 is 0 Å². The van der Waals surface area contributed by atoms with Gasteiger partial charge in [-0.15, -0.1) is 0 Å². The maximum Gasteiger partial charge on any atom is 0.344 e. The van der Waals surface area contributed by atoms with Gasteiger partial charge in [-0.1, -0.05) is 37.0 Å². The van der Waals surface area contributed by atoms with Crippen molar-refractivity contribution in [3.05, 3.63) is 22.9 Å². The quantitative estimate of drug-likeness (QED) is 0.340. The van der Waals surface area contributed by atoms with Gasteiger partial charge >= 0.3 is 5.97 Å². The Morgan fingerprint density at radius 3 is 2.96 bits per heavy atom. The molecule has 0 amide bonds. The molecule has 2 aliphatic rings. The van der Waals surface area contributed by atoms with Crippen molar-refractivity contribution in [3.63, 3.8) is 0 Å². The van der Waals surface area contributed by atoms with E-state index in [2.05, 4.69) is 12.1 Å². The predicted octanol–water partition coefficient (Wildman–Crippen LogP) is 4.23. The van der Waals surface area contributed by atoms with Crippen molar-refractivity contribution in [1.82, 2.24) is 0 Å². The Labute approximate surface area is 142 Å². The van der Waals surface area contributed by atoms with E-state index in [0.29, 0.717) is 24.5 Å². The van der Waals surface area contributed by atoms with Crippen molar-refractivity contribution in [2.75, 3.05) is 6.61 Å². The zero-order valence-corrected chi connectivity index (χ0v) is 14.4. The van der Waals surface area contributed by atoms with Crippen molar-refractivity contribution in [2.24, 2.45) is 11.1 Å². The lowest BCUT2D eigenvalue weighted by Crippen LogP contribution is -2.39. The second-order valence-electron chi connectivity index (χ2n) is 6.36. The molecular formula is C17H24ClNO4. The van der Waals surface area contributed by atoms with Crippen molar-refractivity contribution >= 4 is 23.3 Å². The number of aliphatic hydroxyl groups excluding tert-OH is 1. The summed E-state index contributed by atoms with van der Waals surface area (Å²) in [7, 11) is 0. The summed E-state index contributed by atoms with van der Waals surface area (Å²) in [4.78, 5) is 17.6. The van der Waals surface area contributed by atoms with E-state index in [9.17, 15) is 9.90 Å². The van der Waals surface area contributed by atoms with E-state index in [-0.39, 0.29) is 17.9 Å². The lowest BCUT2D eigenvalue weighted by molar-refractivity contribution is -0.157. The minimum absolute atomic E-state index is 0.0686. The van der Waals surface area contributed by atoms with E-state index in [1.165, 1.54) is 5.54 Å². The van der Waals surface area contributed by atoms with Crippen molar-refractivity contribution in [1.29, 1.82) is 0 Å². The van der Waals surface area contributed by atoms with Crippen LogP contribution in [0.5, 0.6) is 0 Å². The van der Waals surface area contributed by atoms with Crippen LogP contribution in [-0.4, -0.2) is 29.0 Å². The Morgan fingerprint density at radius 2 is 2.39 bits per heavy atom. The number of nitrogens with zero attached hydrogens (tertiary/aromatic N) is 1. The van der Waals surface area contributed by atoms with Gasteiger partial charge in [0.05, 0.1) is 5.71 Å². The van der Waals surface area contributed by atoms with E-state index in [1.807, 2.05) is 6.92 Å². The fourth-order valence-corrected chi connectivity index (χ4v) is 3.40. The number of hydrogen-bond acceptors (Lipinski definition) is 5. The van der Waals surface area contributed by atoms with Crippen LogP contribution < -0.4 is 0 Å². The Hall–Kier alpha value is -1.49. The van der Waals surface area contributed by atoms with Crippen LogP contribution in [0.2, 0.25) is 0 Å². The molecule has 1 aliphatic carbocycles. The standard InChI is InChI=1S/C17H24ClNO4/c1-3-5-13(19-22-9-4-8-18)15-14(20)11-17(23-16(15)21)7-6-12(2)10-17/h4,8,12,20H,3,5-7,9-11H2,1-2H3. The molecule has 1 fully saturated rings. The summed E-state index contributed by atoms with van der Waals surface area (Å²) in [5.74, 6) is 0.0807. The molecule has 0 aromatic heterocycles. The number of carbonyl (C=O) groups excluding carboxylic acids is 1. The van der Waals surface area contributed by atoms with Crippen LogP contribution in [0.3, 0.4) is 0 Å². The SMILES string of the molecule is CCCC(=NOCC=CCl)C1=C(O)CC2(CCC(C)C2)OC1=O. The highest BCUT2D eigenvalue weighted by Crippen LogP contribution is 2.44. The molecule has 0 aromatic carbocycles. The molecule has 2 atom stereocenters. The van der Waals surface area contributed by atoms with Crippen LogP contribution in [0.1, 0.15) is 52.4 Å².